The number of nitrogens with zero attached hydrogens (tertiary/aromatic N) is 3. The van der Waals surface area contributed by atoms with Gasteiger partial charge < -0.3 is 9.73 Å². The molecule has 1 N–H and O–H groups in total. The summed E-state index contributed by atoms with van der Waals surface area (Å²) in [6.07, 6.45) is 2.53. The van der Waals surface area contributed by atoms with Gasteiger partial charge in [-0.15, -0.1) is 0 Å². The van der Waals surface area contributed by atoms with Crippen LogP contribution in [0.25, 0.3) is 16.6 Å². The van der Waals surface area contributed by atoms with Crippen molar-refractivity contribution >= 4 is 22.5 Å². The number of furan rings is 1. The van der Waals surface area contributed by atoms with E-state index >= 15 is 0 Å². The molecule has 0 aliphatic heterocycles. The van der Waals surface area contributed by atoms with Crippen molar-refractivity contribution in [3.8, 4) is 0 Å². The van der Waals surface area contributed by atoms with E-state index in [1.54, 1.807) is 34.9 Å². The van der Waals surface area contributed by atoms with Gasteiger partial charge in [0.1, 0.15) is 23.2 Å². The van der Waals surface area contributed by atoms with Crippen molar-refractivity contribution in [3.05, 3.63) is 70.2 Å². The number of hydrogen-bond acceptors (Lipinski definition) is 4. The van der Waals surface area contributed by atoms with Crippen LogP contribution in [-0.2, 0) is 17.8 Å². The molecule has 0 saturated heterocycles. The molecule has 0 saturated carbocycles. The molecule has 3 aromatic heterocycles. The molecule has 0 bridgehead atoms. The van der Waals surface area contributed by atoms with Gasteiger partial charge in [-0.25, -0.2) is 9.07 Å². The molecule has 1 amide bonds. The van der Waals surface area contributed by atoms with Gasteiger partial charge >= 0.3 is 0 Å². The van der Waals surface area contributed by atoms with E-state index in [4.69, 9.17) is 4.42 Å². The number of fused-ring (bicyclic) bond motifs is 3. The first-order valence-electron chi connectivity index (χ1n) is 9.56. The van der Waals surface area contributed by atoms with E-state index in [0.29, 0.717) is 35.3 Å². The summed E-state index contributed by atoms with van der Waals surface area (Å²) in [6.45, 7) is 3.93. The number of aromatic nitrogens is 3. The van der Waals surface area contributed by atoms with Crippen LogP contribution in [0.3, 0.4) is 0 Å². The Morgan fingerprint density at radius 1 is 1.24 bits per heavy atom. The van der Waals surface area contributed by atoms with E-state index in [9.17, 15) is 14.0 Å². The summed E-state index contributed by atoms with van der Waals surface area (Å²) in [5, 5.41) is 7.27. The lowest BCUT2D eigenvalue weighted by Crippen LogP contribution is -2.39. The number of nitrogens with one attached hydrogen (secondary N) is 1. The van der Waals surface area contributed by atoms with Crippen LogP contribution in [0.15, 0.2) is 51.9 Å². The number of amides is 1. The molecule has 0 spiro atoms. The molecule has 4 aromatic rings. The minimum Gasteiger partial charge on any atom is -0.463 e. The van der Waals surface area contributed by atoms with Crippen molar-refractivity contribution in [1.29, 1.82) is 0 Å². The molecule has 4 rings (SSSR count). The van der Waals surface area contributed by atoms with E-state index < -0.39 is 6.04 Å². The highest BCUT2D eigenvalue weighted by Crippen LogP contribution is 2.21. The summed E-state index contributed by atoms with van der Waals surface area (Å²) < 4.78 is 21.8. The van der Waals surface area contributed by atoms with Crippen molar-refractivity contribution in [2.75, 3.05) is 0 Å². The van der Waals surface area contributed by atoms with Crippen molar-refractivity contribution in [1.82, 2.24) is 19.5 Å². The van der Waals surface area contributed by atoms with Crippen molar-refractivity contribution in [2.45, 2.75) is 39.3 Å². The van der Waals surface area contributed by atoms with Gasteiger partial charge in [-0.05, 0) is 24.1 Å². The minimum atomic E-state index is -0.771. The molecule has 0 fully saturated rings. The van der Waals surface area contributed by atoms with Crippen LogP contribution in [0.4, 0.5) is 4.39 Å². The number of hydrogen-bond donors (Lipinski definition) is 1. The topological polar surface area (TPSA) is 81.5 Å². The minimum absolute atomic E-state index is 0.169. The van der Waals surface area contributed by atoms with Gasteiger partial charge in [0.25, 0.3) is 5.56 Å². The van der Waals surface area contributed by atoms with Gasteiger partial charge in [-0.1, -0.05) is 26.0 Å². The summed E-state index contributed by atoms with van der Waals surface area (Å²) >= 11 is 0. The standard InChI is InChI=1S/C21H21FN4O3/c1-3-15(20(27)23-12-13-6-5-7-14(22)10-13)26-21(28)17-11-18-16(8-9-29-18)25(17)19(4-2)24-26/h5-11,15H,3-4,12H2,1-2H3,(H,23,27). The third kappa shape index (κ3) is 3.30. The fourth-order valence-electron chi connectivity index (χ4n) is 3.56. The van der Waals surface area contributed by atoms with Crippen LogP contribution in [0.5, 0.6) is 0 Å². The third-order valence-electron chi connectivity index (χ3n) is 4.99. The first-order valence-corrected chi connectivity index (χ1v) is 9.56. The van der Waals surface area contributed by atoms with Gasteiger partial charge in [0.05, 0.1) is 11.8 Å². The van der Waals surface area contributed by atoms with Crippen molar-refractivity contribution in [3.63, 3.8) is 0 Å². The third-order valence-corrected chi connectivity index (χ3v) is 4.99. The van der Waals surface area contributed by atoms with E-state index in [-0.39, 0.29) is 23.8 Å². The number of carbonyl (C=O) groups excluding carboxylic acids is 1. The molecule has 7 nitrogen and oxygen atoms in total. The Morgan fingerprint density at radius 3 is 2.79 bits per heavy atom. The smallest absolute Gasteiger partial charge is 0.291 e. The first kappa shape index (κ1) is 18.9. The molecule has 1 unspecified atom stereocenters. The van der Waals surface area contributed by atoms with Crippen molar-refractivity contribution < 1.29 is 13.6 Å². The van der Waals surface area contributed by atoms with E-state index in [0.717, 1.165) is 5.52 Å². The highest BCUT2D eigenvalue weighted by atomic mass is 19.1. The van der Waals surface area contributed by atoms with Crippen molar-refractivity contribution in [2.24, 2.45) is 0 Å². The summed E-state index contributed by atoms with van der Waals surface area (Å²) in [7, 11) is 0. The zero-order chi connectivity index (χ0) is 20.5. The maximum absolute atomic E-state index is 13.3. The Bertz CT molecular complexity index is 1250. The Kier molecular flexibility index (Phi) is 4.92. The second-order valence-electron chi connectivity index (χ2n) is 6.83. The average Bonchev–Trinajstić information content (AvgIpc) is 3.30. The van der Waals surface area contributed by atoms with Crippen LogP contribution in [0, 0.1) is 5.82 Å². The molecule has 150 valence electrons. The molecular formula is C21H21FN4O3. The number of carbonyl (C=O) groups is 1. The monoisotopic (exact) mass is 396 g/mol. The molecule has 0 radical (unpaired) electrons. The molecule has 8 heteroatoms. The Balaban J connectivity index is 1.70. The average molecular weight is 396 g/mol. The fourth-order valence-corrected chi connectivity index (χ4v) is 3.56. The zero-order valence-electron chi connectivity index (χ0n) is 16.2. The second-order valence-corrected chi connectivity index (χ2v) is 6.83. The van der Waals surface area contributed by atoms with Gasteiger partial charge in [0.15, 0.2) is 5.58 Å². The lowest BCUT2D eigenvalue weighted by molar-refractivity contribution is -0.125. The summed E-state index contributed by atoms with van der Waals surface area (Å²) in [5.74, 6) is -0.0438. The van der Waals surface area contributed by atoms with Gasteiger partial charge in [-0.2, -0.15) is 5.10 Å². The van der Waals surface area contributed by atoms with E-state index in [2.05, 4.69) is 10.4 Å². The Labute approximate surface area is 165 Å². The highest BCUT2D eigenvalue weighted by Gasteiger charge is 2.24. The molecule has 3 heterocycles. The lowest BCUT2D eigenvalue weighted by Gasteiger charge is -2.18. The zero-order valence-corrected chi connectivity index (χ0v) is 16.2. The van der Waals surface area contributed by atoms with Crippen LogP contribution in [0.2, 0.25) is 0 Å². The Hall–Kier alpha value is -3.42. The predicted molar refractivity (Wildman–Crippen MR) is 106 cm³/mol. The normalized spacial score (nSPS) is 12.5. The van der Waals surface area contributed by atoms with E-state index in [1.165, 1.54) is 16.8 Å². The number of aryl methyl sites for hydroxylation is 1. The first-order chi connectivity index (χ1) is 14.0. The number of halogens is 1. The van der Waals surface area contributed by atoms with Crippen LogP contribution < -0.4 is 10.9 Å². The maximum Gasteiger partial charge on any atom is 0.291 e. The van der Waals surface area contributed by atoms with Crippen LogP contribution in [0.1, 0.15) is 37.7 Å². The van der Waals surface area contributed by atoms with Gasteiger partial charge in [0.2, 0.25) is 5.91 Å². The second kappa shape index (κ2) is 7.54. The summed E-state index contributed by atoms with van der Waals surface area (Å²) in [6, 6.07) is 8.71. The maximum atomic E-state index is 13.3. The van der Waals surface area contributed by atoms with Gasteiger partial charge in [-0.3, -0.25) is 14.0 Å². The molecule has 29 heavy (non-hydrogen) atoms. The molecule has 0 aliphatic carbocycles. The molecule has 1 atom stereocenters. The predicted octanol–water partition coefficient (Wildman–Crippen LogP) is 3.21. The summed E-state index contributed by atoms with van der Waals surface area (Å²) in [4.78, 5) is 25.9. The van der Waals surface area contributed by atoms with E-state index in [1.807, 2.05) is 13.8 Å². The summed E-state index contributed by atoms with van der Waals surface area (Å²) in [5.41, 5.74) is 2.08. The molecule has 1 aromatic carbocycles. The van der Waals surface area contributed by atoms with Crippen LogP contribution >= 0.6 is 0 Å². The lowest BCUT2D eigenvalue weighted by atomic mass is 10.2. The molecular weight excluding hydrogens is 375 g/mol. The van der Waals surface area contributed by atoms with Crippen LogP contribution in [-0.4, -0.2) is 20.1 Å². The van der Waals surface area contributed by atoms with Gasteiger partial charge in [0, 0.05) is 25.1 Å². The number of rotatable bonds is 6. The quantitative estimate of drug-likeness (QED) is 0.543. The highest BCUT2D eigenvalue weighted by molar-refractivity contribution is 5.83. The molecule has 0 aliphatic rings. The Morgan fingerprint density at radius 2 is 2.07 bits per heavy atom. The SMILES string of the molecule is CCc1nn(C(CC)C(=O)NCc2cccc(F)c2)c(=O)c2cc3occc3n12. The fraction of sp³-hybridized carbons (Fsp3) is 0.286. The largest absolute Gasteiger partial charge is 0.463 e. The number of benzene rings is 1.